The summed E-state index contributed by atoms with van der Waals surface area (Å²) in [4.78, 5) is 29.1. The third-order valence-electron chi connectivity index (χ3n) is 5.39. The number of esters is 1. The molecule has 10 heteroatoms. The molecule has 0 aliphatic carbocycles. The molecule has 2 aromatic heterocycles. The Bertz CT molecular complexity index is 1210. The first-order valence-electron chi connectivity index (χ1n) is 12.2. The van der Waals surface area contributed by atoms with Crippen LogP contribution in [-0.4, -0.2) is 49.0 Å². The van der Waals surface area contributed by atoms with Gasteiger partial charge in [-0.3, -0.25) is 0 Å². The largest absolute Gasteiger partial charge is 0.467 e. The number of nitrogens with zero attached hydrogens (tertiary/aromatic N) is 2. The number of aromatic nitrogens is 2. The molecule has 3 rings (SSSR count). The van der Waals surface area contributed by atoms with Crippen molar-refractivity contribution < 1.29 is 28.5 Å². The van der Waals surface area contributed by atoms with Gasteiger partial charge in [0.1, 0.15) is 29.5 Å². The second kappa shape index (κ2) is 11.8. The van der Waals surface area contributed by atoms with Gasteiger partial charge in [-0.05, 0) is 56.6 Å². The van der Waals surface area contributed by atoms with Crippen LogP contribution in [0.1, 0.15) is 32.4 Å². The van der Waals surface area contributed by atoms with Gasteiger partial charge in [0.15, 0.2) is 6.04 Å². The van der Waals surface area contributed by atoms with Gasteiger partial charge < -0.3 is 28.8 Å². The minimum atomic E-state index is -1.15. The monoisotopic (exact) mass is 527 g/mol. The third kappa shape index (κ3) is 8.33. The van der Waals surface area contributed by atoms with Gasteiger partial charge in [-0.1, -0.05) is 31.8 Å². The minimum absolute atomic E-state index is 0.429. The summed E-state index contributed by atoms with van der Waals surface area (Å²) in [7, 11) is 0.120. The first kappa shape index (κ1) is 28.2. The summed E-state index contributed by atoms with van der Waals surface area (Å²) in [5.74, 6) is 0.607. The molecule has 0 radical (unpaired) electrons. The third-order valence-corrected chi connectivity index (χ3v) is 7.09. The summed E-state index contributed by atoms with van der Waals surface area (Å²) in [5.41, 5.74) is 0.609. The zero-order valence-electron chi connectivity index (χ0n) is 22.7. The van der Waals surface area contributed by atoms with Crippen LogP contribution in [0.5, 0.6) is 11.5 Å². The Morgan fingerprint density at radius 3 is 2.41 bits per heavy atom. The maximum Gasteiger partial charge on any atom is 0.408 e. The summed E-state index contributed by atoms with van der Waals surface area (Å²) in [5, 5.41) is 3.43. The topological polar surface area (TPSA) is 101 Å². The number of nitrogens with one attached hydrogen (secondary N) is 1. The lowest BCUT2D eigenvalue weighted by Crippen LogP contribution is -2.38. The molecular weight excluding hydrogens is 490 g/mol. The van der Waals surface area contributed by atoms with Gasteiger partial charge in [-0.15, -0.1) is 0 Å². The Morgan fingerprint density at radius 2 is 1.78 bits per heavy atom. The van der Waals surface area contributed by atoms with Crippen molar-refractivity contribution in [1.29, 1.82) is 0 Å². The Balaban J connectivity index is 1.71. The number of hydrogen-bond donors (Lipinski definition) is 1. The molecule has 37 heavy (non-hydrogen) atoms. The second-order valence-electron chi connectivity index (χ2n) is 11.0. The number of amides is 1. The molecule has 0 spiro atoms. The SMILES string of the molecule is COC(=O)C(NC(=O)OC(C)(C)C)c1ccc(Oc2ccnc3c2ccn3COCC[Si](C)(C)C)cc1. The molecule has 1 amide bonds. The van der Waals surface area contributed by atoms with Crippen molar-refractivity contribution in [3.05, 3.63) is 54.4 Å². The van der Waals surface area contributed by atoms with E-state index in [9.17, 15) is 9.59 Å². The van der Waals surface area contributed by atoms with E-state index in [0.717, 1.165) is 23.7 Å². The number of rotatable bonds is 10. The van der Waals surface area contributed by atoms with Gasteiger partial charge in [0.2, 0.25) is 0 Å². The van der Waals surface area contributed by atoms with Gasteiger partial charge >= 0.3 is 12.1 Å². The number of hydrogen-bond acceptors (Lipinski definition) is 7. The molecule has 1 aromatic carbocycles. The van der Waals surface area contributed by atoms with Crippen LogP contribution in [0.15, 0.2) is 48.8 Å². The molecule has 2 heterocycles. The summed E-state index contributed by atoms with van der Waals surface area (Å²) in [6.45, 7) is 13.4. The molecular formula is C27H37N3O6Si. The summed E-state index contributed by atoms with van der Waals surface area (Å²) < 4.78 is 24.1. The molecule has 3 aromatic rings. The Hall–Kier alpha value is -3.37. The van der Waals surface area contributed by atoms with E-state index in [0.29, 0.717) is 23.8 Å². The van der Waals surface area contributed by atoms with E-state index in [2.05, 4.69) is 29.9 Å². The Labute approximate surface area is 219 Å². The van der Waals surface area contributed by atoms with E-state index < -0.39 is 31.8 Å². The fourth-order valence-corrected chi connectivity index (χ4v) is 4.23. The van der Waals surface area contributed by atoms with E-state index in [1.807, 2.05) is 16.8 Å². The fraction of sp³-hybridized carbons (Fsp3) is 0.444. The van der Waals surface area contributed by atoms with Gasteiger partial charge in [-0.2, -0.15) is 0 Å². The molecule has 0 aliphatic heterocycles. The maximum absolute atomic E-state index is 12.3. The van der Waals surface area contributed by atoms with E-state index in [1.165, 1.54) is 7.11 Å². The highest BCUT2D eigenvalue weighted by molar-refractivity contribution is 6.76. The Morgan fingerprint density at radius 1 is 1.08 bits per heavy atom. The number of methoxy groups -OCH3 is 1. The van der Waals surface area contributed by atoms with Crippen LogP contribution in [0.3, 0.4) is 0 Å². The van der Waals surface area contributed by atoms with Crippen LogP contribution in [0.25, 0.3) is 11.0 Å². The fourth-order valence-electron chi connectivity index (χ4n) is 3.48. The van der Waals surface area contributed by atoms with Gasteiger partial charge in [0.25, 0.3) is 0 Å². The van der Waals surface area contributed by atoms with Gasteiger partial charge in [0, 0.05) is 27.1 Å². The first-order valence-corrected chi connectivity index (χ1v) is 15.9. The molecule has 0 saturated carbocycles. The highest BCUT2D eigenvalue weighted by Gasteiger charge is 2.26. The molecule has 0 aliphatic rings. The molecule has 1 N–H and O–H groups in total. The number of pyridine rings is 1. The van der Waals surface area contributed by atoms with E-state index >= 15 is 0 Å². The lowest BCUT2D eigenvalue weighted by molar-refractivity contribution is -0.143. The molecule has 200 valence electrons. The molecule has 0 fully saturated rings. The quantitative estimate of drug-likeness (QED) is 0.200. The molecule has 1 unspecified atom stereocenters. The first-order chi connectivity index (χ1) is 17.4. The molecule has 9 nitrogen and oxygen atoms in total. The van der Waals surface area contributed by atoms with Crippen LogP contribution < -0.4 is 10.1 Å². The average molecular weight is 528 g/mol. The Kier molecular flexibility index (Phi) is 8.98. The number of ether oxygens (including phenoxy) is 4. The van der Waals surface area contributed by atoms with E-state index in [4.69, 9.17) is 18.9 Å². The van der Waals surface area contributed by atoms with Crippen LogP contribution in [0.2, 0.25) is 25.7 Å². The predicted molar refractivity (Wildman–Crippen MR) is 144 cm³/mol. The predicted octanol–water partition coefficient (Wildman–Crippen LogP) is 5.88. The number of fused-ring (bicyclic) bond motifs is 1. The van der Waals surface area contributed by atoms with Crippen molar-refractivity contribution in [2.45, 2.75) is 64.8 Å². The number of benzene rings is 1. The highest BCUT2D eigenvalue weighted by Crippen LogP contribution is 2.30. The number of alkyl carbamates (subject to hydrolysis) is 1. The van der Waals surface area contributed by atoms with Crippen molar-refractivity contribution >= 4 is 31.2 Å². The summed E-state index contributed by atoms with van der Waals surface area (Å²) in [6, 6.07) is 10.7. The number of carbonyl (C=O) groups is 2. The van der Waals surface area contributed by atoms with Crippen LogP contribution in [0.4, 0.5) is 4.79 Å². The number of carbonyl (C=O) groups excluding carboxylic acids is 2. The smallest absolute Gasteiger partial charge is 0.408 e. The second-order valence-corrected chi connectivity index (χ2v) is 16.6. The van der Waals surface area contributed by atoms with E-state index in [1.54, 1.807) is 57.3 Å². The van der Waals surface area contributed by atoms with Crippen molar-refractivity contribution in [3.63, 3.8) is 0 Å². The lowest BCUT2D eigenvalue weighted by atomic mass is 10.1. The van der Waals surface area contributed by atoms with E-state index in [-0.39, 0.29) is 0 Å². The van der Waals surface area contributed by atoms with Crippen molar-refractivity contribution in [2.24, 2.45) is 0 Å². The van der Waals surface area contributed by atoms with Crippen molar-refractivity contribution in [2.75, 3.05) is 13.7 Å². The van der Waals surface area contributed by atoms with Crippen LogP contribution in [0, 0.1) is 0 Å². The zero-order valence-corrected chi connectivity index (χ0v) is 23.7. The molecule has 0 saturated heterocycles. The normalized spacial score (nSPS) is 12.7. The van der Waals surface area contributed by atoms with Crippen LogP contribution in [-0.2, 0) is 25.7 Å². The minimum Gasteiger partial charge on any atom is -0.467 e. The lowest BCUT2D eigenvalue weighted by Gasteiger charge is -2.22. The van der Waals surface area contributed by atoms with Crippen molar-refractivity contribution in [1.82, 2.24) is 14.9 Å². The molecule has 1 atom stereocenters. The zero-order chi connectivity index (χ0) is 27.2. The highest BCUT2D eigenvalue weighted by atomic mass is 28.3. The van der Waals surface area contributed by atoms with Gasteiger partial charge in [-0.25, -0.2) is 14.6 Å². The van der Waals surface area contributed by atoms with Gasteiger partial charge in [0.05, 0.1) is 12.5 Å². The molecule has 0 bridgehead atoms. The maximum atomic E-state index is 12.3. The van der Waals surface area contributed by atoms with Crippen LogP contribution >= 0.6 is 0 Å². The van der Waals surface area contributed by atoms with Crippen molar-refractivity contribution in [3.8, 4) is 11.5 Å². The summed E-state index contributed by atoms with van der Waals surface area (Å²) >= 11 is 0. The standard InChI is InChI=1S/C27H37N3O6Si/c1-27(2,3)36-26(32)29-23(25(31)33-4)19-8-10-20(11-9-19)35-22-12-14-28-24-21(22)13-15-30(24)18-34-16-17-37(5,6)7/h8-15,23H,16-18H2,1-7H3,(H,29,32). The summed E-state index contributed by atoms with van der Waals surface area (Å²) in [6.07, 6.45) is 2.92. The average Bonchev–Trinajstić information content (AvgIpc) is 3.23.